The number of ether oxygens (including phenoxy) is 2. The normalized spacial score (nSPS) is 11.9. The molecule has 0 aliphatic heterocycles. The molecule has 22 heavy (non-hydrogen) atoms. The van der Waals surface area contributed by atoms with Crippen LogP contribution in [0.1, 0.15) is 5.56 Å². The van der Waals surface area contributed by atoms with Crippen molar-refractivity contribution in [2.24, 2.45) is 0 Å². The van der Waals surface area contributed by atoms with Crippen LogP contribution in [0.25, 0.3) is 11.1 Å². The molecule has 1 N–H and O–H groups in total. The molecule has 120 valence electrons. The molecule has 1 aromatic carbocycles. The van der Waals surface area contributed by atoms with E-state index >= 15 is 0 Å². The van der Waals surface area contributed by atoms with Crippen molar-refractivity contribution >= 4 is 9.84 Å². The van der Waals surface area contributed by atoms with Crippen LogP contribution in [0.2, 0.25) is 0 Å². The molecule has 0 unspecified atom stereocenters. The van der Waals surface area contributed by atoms with Crippen LogP contribution in [0, 0.1) is 6.92 Å². The monoisotopic (exact) mass is 332 g/mol. The van der Waals surface area contributed by atoms with Crippen LogP contribution in [0.3, 0.4) is 0 Å². The zero-order chi connectivity index (χ0) is 16.3. The van der Waals surface area contributed by atoms with Gasteiger partial charge in [-0.05, 0) is 30.2 Å². The Morgan fingerprint density at radius 1 is 1.36 bits per heavy atom. The highest BCUT2D eigenvalue weighted by Gasteiger charge is 2.19. The fourth-order valence-corrected chi connectivity index (χ4v) is 3.31. The molecule has 0 aliphatic carbocycles. The van der Waals surface area contributed by atoms with Crippen LogP contribution >= 0.6 is 0 Å². The van der Waals surface area contributed by atoms with E-state index in [0.29, 0.717) is 16.7 Å². The first-order chi connectivity index (χ1) is 10.3. The number of sulfone groups is 1. The molecule has 0 amide bonds. The van der Waals surface area contributed by atoms with Gasteiger partial charge in [-0.2, -0.15) is 8.78 Å². The Labute approximate surface area is 126 Å². The third-order valence-corrected chi connectivity index (χ3v) is 4.57. The van der Waals surface area contributed by atoms with Gasteiger partial charge in [0.1, 0.15) is 0 Å². The van der Waals surface area contributed by atoms with Crippen LogP contribution in [0.4, 0.5) is 8.78 Å². The maximum absolute atomic E-state index is 12.3. The number of nitrogens with one attached hydrogen (secondary N) is 1. The number of aromatic amines is 1. The van der Waals surface area contributed by atoms with Crippen LogP contribution in [-0.4, -0.2) is 38.3 Å². The number of hydrogen-bond donors (Lipinski definition) is 1. The number of alkyl halides is 2. The molecule has 9 heteroatoms. The Kier molecular flexibility index (Phi) is 4.77. The summed E-state index contributed by atoms with van der Waals surface area (Å²) >= 11 is 0. The summed E-state index contributed by atoms with van der Waals surface area (Å²) in [7, 11) is -2.26. The summed E-state index contributed by atoms with van der Waals surface area (Å²) in [4.78, 5) is 0.123. The first kappa shape index (κ1) is 16.4. The van der Waals surface area contributed by atoms with Crippen molar-refractivity contribution in [1.29, 1.82) is 0 Å². The van der Waals surface area contributed by atoms with Crippen LogP contribution in [-0.2, 0) is 14.6 Å². The number of H-pyrrole nitrogens is 1. The smallest absolute Gasteiger partial charge is 0.388 e. The van der Waals surface area contributed by atoms with Gasteiger partial charge in [0.15, 0.2) is 5.94 Å². The summed E-state index contributed by atoms with van der Waals surface area (Å²) in [5.41, 5.74) is 1.30. The maximum Gasteiger partial charge on any atom is 0.388 e. The van der Waals surface area contributed by atoms with Gasteiger partial charge < -0.3 is 9.47 Å². The first-order valence-electron chi connectivity index (χ1n) is 6.16. The number of nitrogens with zero attached hydrogens (tertiary/aromatic N) is 1. The molecule has 0 saturated heterocycles. The third kappa shape index (κ3) is 3.42. The van der Waals surface area contributed by atoms with Gasteiger partial charge in [-0.3, -0.25) is 5.10 Å². The number of aromatic nitrogens is 2. The summed E-state index contributed by atoms with van der Waals surface area (Å²) in [6.07, 6.45) is 1.40. The molecule has 0 saturated carbocycles. The average molecular weight is 332 g/mol. The summed E-state index contributed by atoms with van der Waals surface area (Å²) in [6.45, 7) is -1.38. The Morgan fingerprint density at radius 3 is 2.68 bits per heavy atom. The lowest BCUT2D eigenvalue weighted by Crippen LogP contribution is -2.09. The molecule has 0 spiro atoms. The summed E-state index contributed by atoms with van der Waals surface area (Å²) < 4.78 is 57.6. The van der Waals surface area contributed by atoms with E-state index in [-0.39, 0.29) is 10.8 Å². The highest BCUT2D eigenvalue weighted by Crippen LogP contribution is 2.31. The van der Waals surface area contributed by atoms with Crippen LogP contribution in [0.5, 0.6) is 5.88 Å². The topological polar surface area (TPSA) is 81.3 Å². The van der Waals surface area contributed by atoms with Gasteiger partial charge in [0.05, 0.1) is 10.5 Å². The van der Waals surface area contributed by atoms with Gasteiger partial charge in [-0.15, -0.1) is 5.10 Å². The quantitative estimate of drug-likeness (QED) is 0.878. The van der Waals surface area contributed by atoms with Crippen molar-refractivity contribution in [3.63, 3.8) is 0 Å². The fraction of sp³-hybridized carbons (Fsp3) is 0.308. The fourth-order valence-electron chi connectivity index (χ4n) is 2.04. The summed E-state index contributed by atoms with van der Waals surface area (Å²) in [6, 6.07) is 4.46. The van der Waals surface area contributed by atoms with E-state index in [1.807, 2.05) is 0 Å². The van der Waals surface area contributed by atoms with E-state index in [0.717, 1.165) is 0 Å². The van der Waals surface area contributed by atoms with E-state index in [9.17, 15) is 17.2 Å². The predicted octanol–water partition coefficient (Wildman–Crippen LogP) is 2.36. The molecule has 0 radical (unpaired) electrons. The van der Waals surface area contributed by atoms with Crippen molar-refractivity contribution in [2.45, 2.75) is 18.4 Å². The molecule has 0 atom stereocenters. The Hall–Kier alpha value is -2.00. The second kappa shape index (κ2) is 6.41. The minimum absolute atomic E-state index is 0.123. The molecule has 0 fully saturated rings. The van der Waals surface area contributed by atoms with Crippen LogP contribution in [0.15, 0.2) is 29.3 Å². The van der Waals surface area contributed by atoms with E-state index in [1.54, 1.807) is 13.0 Å². The Balaban J connectivity index is 2.40. The highest BCUT2D eigenvalue weighted by atomic mass is 32.2. The average Bonchev–Trinajstić information content (AvgIpc) is 2.85. The molecule has 0 aliphatic rings. The molecule has 1 heterocycles. The lowest BCUT2D eigenvalue weighted by atomic mass is 10.1. The Bertz CT molecular complexity index is 759. The predicted molar refractivity (Wildman–Crippen MR) is 74.5 cm³/mol. The van der Waals surface area contributed by atoms with Crippen molar-refractivity contribution < 1.29 is 26.7 Å². The lowest BCUT2D eigenvalue weighted by molar-refractivity contribution is -0.0524. The van der Waals surface area contributed by atoms with Crippen LogP contribution < -0.4 is 4.74 Å². The van der Waals surface area contributed by atoms with Gasteiger partial charge in [0.2, 0.25) is 15.7 Å². The van der Waals surface area contributed by atoms with Gasteiger partial charge >= 0.3 is 6.61 Å². The molecule has 1 aromatic heterocycles. The van der Waals surface area contributed by atoms with Gasteiger partial charge in [0.25, 0.3) is 0 Å². The second-order valence-electron chi connectivity index (χ2n) is 4.48. The number of halogens is 2. The molecular formula is C13H14F2N2O4S. The van der Waals surface area contributed by atoms with Gasteiger partial charge in [-0.25, -0.2) is 8.42 Å². The molecule has 2 rings (SSSR count). The third-order valence-electron chi connectivity index (χ3n) is 2.90. The molecular weight excluding hydrogens is 318 g/mol. The highest BCUT2D eigenvalue weighted by molar-refractivity contribution is 7.91. The molecule has 0 bridgehead atoms. The van der Waals surface area contributed by atoms with Crippen molar-refractivity contribution in [3.8, 4) is 17.0 Å². The zero-order valence-corrected chi connectivity index (χ0v) is 12.7. The van der Waals surface area contributed by atoms with E-state index in [4.69, 9.17) is 0 Å². The number of aryl methyl sites for hydroxylation is 1. The maximum atomic E-state index is 12.3. The minimum atomic E-state index is -3.55. The SMILES string of the molecule is COCS(=O)(=O)c1ccc(-c2c[nH]nc2OC(F)F)cc1C. The molecule has 6 nitrogen and oxygen atoms in total. The number of methoxy groups -OCH3 is 1. The number of benzene rings is 1. The number of hydrogen-bond acceptors (Lipinski definition) is 5. The van der Waals surface area contributed by atoms with Gasteiger partial charge in [0, 0.05) is 13.3 Å². The van der Waals surface area contributed by atoms with Crippen molar-refractivity contribution in [2.75, 3.05) is 13.0 Å². The van der Waals surface area contributed by atoms with E-state index in [2.05, 4.69) is 19.7 Å². The summed E-state index contributed by atoms with van der Waals surface area (Å²) in [5.74, 6) is -0.680. The summed E-state index contributed by atoms with van der Waals surface area (Å²) in [5, 5.41) is 6.04. The zero-order valence-electron chi connectivity index (χ0n) is 11.8. The Morgan fingerprint density at radius 2 is 2.09 bits per heavy atom. The van der Waals surface area contributed by atoms with Gasteiger partial charge in [-0.1, -0.05) is 6.07 Å². The standard InChI is InChI=1S/C13H14F2N2O4S/c1-8-5-9(3-4-11(8)22(18,19)7-20-2)10-6-16-17-12(10)21-13(14)15/h3-6,13H,7H2,1-2H3,(H,16,17). The first-order valence-corrected chi connectivity index (χ1v) is 7.81. The number of rotatable bonds is 6. The lowest BCUT2D eigenvalue weighted by Gasteiger charge is -2.09. The van der Waals surface area contributed by atoms with E-state index in [1.165, 1.54) is 25.4 Å². The van der Waals surface area contributed by atoms with E-state index < -0.39 is 22.4 Å². The largest absolute Gasteiger partial charge is 0.415 e. The van der Waals surface area contributed by atoms with Crippen molar-refractivity contribution in [1.82, 2.24) is 10.2 Å². The van der Waals surface area contributed by atoms with Crippen molar-refractivity contribution in [3.05, 3.63) is 30.0 Å². The second-order valence-corrected chi connectivity index (χ2v) is 6.39. The molecule has 2 aromatic rings. The minimum Gasteiger partial charge on any atom is -0.415 e.